The van der Waals surface area contributed by atoms with E-state index in [0.717, 1.165) is 10.9 Å². The van der Waals surface area contributed by atoms with E-state index in [1.807, 2.05) is 25.1 Å². The van der Waals surface area contributed by atoms with Gasteiger partial charge in [-0.25, -0.2) is 5.48 Å². The van der Waals surface area contributed by atoms with Crippen LogP contribution in [0.2, 0.25) is 5.02 Å². The molecule has 1 N–H and O–H groups in total. The molecule has 2 heterocycles. The Kier molecular flexibility index (Phi) is 6.32. The van der Waals surface area contributed by atoms with Crippen LogP contribution < -0.4 is 10.2 Å². The van der Waals surface area contributed by atoms with E-state index in [2.05, 4.69) is 50.7 Å². The van der Waals surface area contributed by atoms with Crippen LogP contribution in [0.25, 0.3) is 0 Å². The summed E-state index contributed by atoms with van der Waals surface area (Å²) in [6.07, 6.45) is 2.34. The lowest BCUT2D eigenvalue weighted by atomic mass is 10.0. The van der Waals surface area contributed by atoms with Crippen LogP contribution in [0.1, 0.15) is 22.4 Å². The van der Waals surface area contributed by atoms with E-state index in [1.54, 1.807) is 18.3 Å². The van der Waals surface area contributed by atoms with Gasteiger partial charge in [0.05, 0.1) is 30.1 Å². The number of aryl methyl sites for hydroxylation is 2. The van der Waals surface area contributed by atoms with E-state index < -0.39 is 0 Å². The lowest BCUT2D eigenvalue weighted by molar-refractivity contribution is 0.0622. The number of aliphatic imine (C=N–C) groups is 1. The number of ether oxygens (including phenoxy) is 1. The summed E-state index contributed by atoms with van der Waals surface area (Å²) in [4.78, 5) is 10.5. The summed E-state index contributed by atoms with van der Waals surface area (Å²) in [5.41, 5.74) is 6.76. The quantitative estimate of drug-likeness (QED) is 0.536. The highest BCUT2D eigenvalue weighted by atomic mass is 79.9. The van der Waals surface area contributed by atoms with E-state index in [-0.39, 0.29) is 6.04 Å². The monoisotopic (exact) mass is 486 g/mol. The fourth-order valence-electron chi connectivity index (χ4n) is 3.30. The van der Waals surface area contributed by atoms with Crippen LogP contribution in [0.3, 0.4) is 0 Å². The molecule has 0 saturated carbocycles. The summed E-state index contributed by atoms with van der Waals surface area (Å²) in [6, 6.07) is 13.4. The predicted molar refractivity (Wildman–Crippen MR) is 120 cm³/mol. The number of benzene rings is 2. The van der Waals surface area contributed by atoms with Crippen molar-refractivity contribution in [1.82, 2.24) is 15.7 Å². The molecule has 1 aromatic heterocycles. The number of hydrogen-bond donors (Lipinski definition) is 1. The Morgan fingerprint density at radius 3 is 2.90 bits per heavy atom. The highest BCUT2D eigenvalue weighted by Gasteiger charge is 2.23. The van der Waals surface area contributed by atoms with E-state index in [9.17, 15) is 0 Å². The molecule has 2 aromatic carbocycles. The second kappa shape index (κ2) is 9.12. The summed E-state index contributed by atoms with van der Waals surface area (Å²) < 4.78 is 7.11. The molecular weight excluding hydrogens is 468 g/mol. The van der Waals surface area contributed by atoms with Gasteiger partial charge in [0.25, 0.3) is 0 Å². The second-order valence-electron chi connectivity index (χ2n) is 7.05. The summed E-state index contributed by atoms with van der Waals surface area (Å²) in [5.74, 6) is 1.71. The highest BCUT2D eigenvalue weighted by molar-refractivity contribution is 9.10. The van der Waals surface area contributed by atoms with E-state index >= 15 is 0 Å². The number of aromatic nitrogens is 2. The molecule has 1 atom stereocenters. The summed E-state index contributed by atoms with van der Waals surface area (Å²) in [6.45, 7) is 4.43. The number of hydroxylamine groups is 1. The van der Waals surface area contributed by atoms with Gasteiger partial charge in [-0.1, -0.05) is 39.7 Å². The van der Waals surface area contributed by atoms with Crippen molar-refractivity contribution in [1.29, 1.82) is 0 Å². The van der Waals surface area contributed by atoms with Crippen molar-refractivity contribution in [3.05, 3.63) is 80.5 Å². The number of hydrogen-bond acceptors (Lipinski definition) is 6. The molecule has 0 amide bonds. The number of amidine groups is 1. The molecule has 0 bridgehead atoms. The Hall–Kier alpha value is -2.48. The van der Waals surface area contributed by atoms with E-state index in [4.69, 9.17) is 26.2 Å². The zero-order valence-corrected chi connectivity index (χ0v) is 18.9. The largest absolute Gasteiger partial charge is 0.455 e. The Morgan fingerprint density at radius 2 is 2.10 bits per heavy atom. The Balaban J connectivity index is 1.64. The molecule has 8 heteroatoms. The molecule has 0 aliphatic carbocycles. The lowest BCUT2D eigenvalue weighted by Crippen LogP contribution is -2.37. The molecule has 0 radical (unpaired) electrons. The van der Waals surface area contributed by atoms with Gasteiger partial charge in [-0.3, -0.25) is 9.83 Å². The first kappa shape index (κ1) is 20.8. The fraction of sp³-hybridized carbons (Fsp3) is 0.227. The van der Waals surface area contributed by atoms with Crippen molar-refractivity contribution in [3.63, 3.8) is 0 Å². The average Bonchev–Trinajstić information content (AvgIpc) is 2.71. The Morgan fingerprint density at radius 1 is 1.23 bits per heavy atom. The first-order valence-electron chi connectivity index (χ1n) is 9.46. The van der Waals surface area contributed by atoms with Crippen LogP contribution in [-0.2, 0) is 11.3 Å². The minimum absolute atomic E-state index is 0.0345. The average molecular weight is 488 g/mol. The Bertz CT molecular complexity index is 1110. The predicted octanol–water partition coefficient (Wildman–Crippen LogP) is 5.19. The van der Waals surface area contributed by atoms with Crippen molar-refractivity contribution in [3.8, 4) is 11.5 Å². The molecule has 0 saturated heterocycles. The first-order valence-corrected chi connectivity index (χ1v) is 10.6. The minimum atomic E-state index is -0.0345. The first-order chi connectivity index (χ1) is 14.5. The zero-order valence-electron chi connectivity index (χ0n) is 16.5. The molecule has 4 rings (SSSR count). The molecule has 1 aliphatic heterocycles. The lowest BCUT2D eigenvalue weighted by Gasteiger charge is -2.24. The minimum Gasteiger partial charge on any atom is -0.455 e. The molecule has 154 valence electrons. The third kappa shape index (κ3) is 4.80. The summed E-state index contributed by atoms with van der Waals surface area (Å²) >= 11 is 9.59. The van der Waals surface area contributed by atoms with Gasteiger partial charge >= 0.3 is 0 Å². The van der Waals surface area contributed by atoms with Gasteiger partial charge < -0.3 is 4.74 Å². The van der Waals surface area contributed by atoms with Crippen LogP contribution in [0.15, 0.2) is 58.1 Å². The van der Waals surface area contributed by atoms with Crippen LogP contribution in [0.4, 0.5) is 0 Å². The van der Waals surface area contributed by atoms with Crippen LogP contribution >= 0.6 is 27.5 Å². The normalized spacial score (nSPS) is 16.0. The van der Waals surface area contributed by atoms with Gasteiger partial charge in [-0.05, 0) is 61.7 Å². The topological polar surface area (TPSA) is 68.6 Å². The van der Waals surface area contributed by atoms with Crippen molar-refractivity contribution < 1.29 is 9.57 Å². The van der Waals surface area contributed by atoms with Gasteiger partial charge in [0.2, 0.25) is 0 Å². The van der Waals surface area contributed by atoms with Crippen LogP contribution in [0, 0.1) is 13.8 Å². The van der Waals surface area contributed by atoms with E-state index in [0.29, 0.717) is 40.2 Å². The molecule has 3 aromatic rings. The SMILES string of the molecule is Cc1cc(Br)ccc1CC1CONC(c2c(Oc3cccc(Cl)c3)cnnc2C)=N1. The number of halogens is 2. The fourth-order valence-corrected chi connectivity index (χ4v) is 3.95. The van der Waals surface area contributed by atoms with Crippen LogP contribution in [-0.4, -0.2) is 28.7 Å². The molecular formula is C22H20BrClN4O2. The van der Waals surface area contributed by atoms with Crippen molar-refractivity contribution in [2.75, 3.05) is 6.61 Å². The maximum atomic E-state index is 6.08. The molecule has 30 heavy (non-hydrogen) atoms. The second-order valence-corrected chi connectivity index (χ2v) is 8.40. The maximum Gasteiger partial charge on any atom is 0.160 e. The highest BCUT2D eigenvalue weighted by Crippen LogP contribution is 2.29. The smallest absolute Gasteiger partial charge is 0.160 e. The standard InChI is InChI=1S/C22H20BrClN4O2/c1-13-8-16(23)7-6-15(13)9-18-12-29-28-22(26-18)21-14(2)27-25-11-20(21)30-19-5-3-4-17(24)10-19/h3-8,10-11,18H,9,12H2,1-2H3,(H,26,28). The number of rotatable bonds is 5. The van der Waals surface area contributed by atoms with Crippen molar-refractivity contribution >= 4 is 33.4 Å². The zero-order chi connectivity index (χ0) is 21.1. The molecule has 6 nitrogen and oxygen atoms in total. The van der Waals surface area contributed by atoms with E-state index in [1.165, 1.54) is 11.1 Å². The van der Waals surface area contributed by atoms with Gasteiger partial charge in [-0.2, -0.15) is 10.2 Å². The summed E-state index contributed by atoms with van der Waals surface area (Å²) in [7, 11) is 0. The van der Waals surface area contributed by atoms with Gasteiger partial charge in [0.1, 0.15) is 5.75 Å². The number of nitrogens with one attached hydrogen (secondary N) is 1. The Labute approximate surface area is 188 Å². The van der Waals surface area contributed by atoms with Crippen LogP contribution in [0.5, 0.6) is 11.5 Å². The molecule has 0 fully saturated rings. The summed E-state index contributed by atoms with van der Waals surface area (Å²) in [5, 5.41) is 8.79. The third-order valence-corrected chi connectivity index (χ3v) is 5.50. The third-order valence-electron chi connectivity index (χ3n) is 4.77. The maximum absolute atomic E-state index is 6.08. The van der Waals surface area contributed by atoms with Crippen molar-refractivity contribution in [2.45, 2.75) is 26.3 Å². The number of nitrogens with zero attached hydrogens (tertiary/aromatic N) is 3. The van der Waals surface area contributed by atoms with Gasteiger partial charge in [-0.15, -0.1) is 0 Å². The van der Waals surface area contributed by atoms with Gasteiger partial charge in [0.15, 0.2) is 11.6 Å². The molecule has 1 unspecified atom stereocenters. The molecule has 0 spiro atoms. The van der Waals surface area contributed by atoms with Gasteiger partial charge in [0, 0.05) is 9.50 Å². The van der Waals surface area contributed by atoms with Crippen molar-refractivity contribution in [2.24, 2.45) is 4.99 Å². The molecule has 1 aliphatic rings.